The van der Waals surface area contributed by atoms with Gasteiger partial charge in [0.15, 0.2) is 11.5 Å². The van der Waals surface area contributed by atoms with Gasteiger partial charge in [0.1, 0.15) is 0 Å². The van der Waals surface area contributed by atoms with Crippen LogP contribution in [0.4, 0.5) is 0 Å². The van der Waals surface area contributed by atoms with E-state index in [4.69, 9.17) is 9.47 Å². The minimum absolute atomic E-state index is 0.574. The highest BCUT2D eigenvalue weighted by atomic mass is 79.9. The van der Waals surface area contributed by atoms with Crippen molar-refractivity contribution in [3.63, 3.8) is 0 Å². The minimum atomic E-state index is 0.574. The number of nitrogens with zero attached hydrogens (tertiary/aromatic N) is 1. The largest absolute Gasteiger partial charge is 0.493 e. The maximum Gasteiger partial charge on any atom is 0.175 e. The van der Waals surface area contributed by atoms with Gasteiger partial charge in [-0.05, 0) is 53.4 Å². The lowest BCUT2D eigenvalue weighted by atomic mass is 9.98. The Morgan fingerprint density at radius 2 is 2.00 bits per heavy atom. The predicted molar refractivity (Wildman–Crippen MR) is 76.5 cm³/mol. The van der Waals surface area contributed by atoms with E-state index >= 15 is 0 Å². The second kappa shape index (κ2) is 5.49. The smallest absolute Gasteiger partial charge is 0.175 e. The molecule has 100 valence electrons. The summed E-state index contributed by atoms with van der Waals surface area (Å²) in [6.45, 7) is 6.55. The van der Waals surface area contributed by atoms with Crippen LogP contribution in [0.3, 0.4) is 0 Å². The maximum atomic E-state index is 5.42. The van der Waals surface area contributed by atoms with E-state index < -0.39 is 0 Å². The van der Waals surface area contributed by atoms with Crippen LogP contribution in [0, 0.1) is 0 Å². The highest BCUT2D eigenvalue weighted by Crippen LogP contribution is 2.41. The van der Waals surface area contributed by atoms with E-state index in [0.717, 1.165) is 35.5 Å². The summed E-state index contributed by atoms with van der Waals surface area (Å²) in [7, 11) is 3.36. The fourth-order valence-corrected chi connectivity index (χ4v) is 3.25. The first-order chi connectivity index (χ1) is 8.58. The van der Waals surface area contributed by atoms with E-state index in [-0.39, 0.29) is 0 Å². The third-order valence-electron chi connectivity index (χ3n) is 3.56. The predicted octanol–water partition coefficient (Wildman–Crippen LogP) is 3.23. The molecule has 0 spiro atoms. The summed E-state index contributed by atoms with van der Waals surface area (Å²) in [6, 6.07) is 2.68. The van der Waals surface area contributed by atoms with Gasteiger partial charge in [-0.15, -0.1) is 0 Å². The molecule has 18 heavy (non-hydrogen) atoms. The number of hydrogen-bond acceptors (Lipinski definition) is 3. The quantitative estimate of drug-likeness (QED) is 0.855. The number of halogens is 1. The van der Waals surface area contributed by atoms with Crippen molar-refractivity contribution in [2.45, 2.75) is 32.9 Å². The normalized spacial score (nSPS) is 15.7. The summed E-state index contributed by atoms with van der Waals surface area (Å²) in [5.41, 5.74) is 2.68. The summed E-state index contributed by atoms with van der Waals surface area (Å²) in [6.07, 6.45) is 1.05. The molecular formula is C14H20BrNO2. The molecule has 1 aliphatic heterocycles. The van der Waals surface area contributed by atoms with Crippen molar-refractivity contribution in [3.05, 3.63) is 21.7 Å². The third-order valence-corrected chi connectivity index (χ3v) is 4.40. The van der Waals surface area contributed by atoms with Crippen molar-refractivity contribution in [3.8, 4) is 11.5 Å². The van der Waals surface area contributed by atoms with E-state index in [1.54, 1.807) is 14.2 Å². The van der Waals surface area contributed by atoms with E-state index in [0.29, 0.717) is 6.04 Å². The molecule has 0 N–H and O–H groups in total. The van der Waals surface area contributed by atoms with Gasteiger partial charge in [0, 0.05) is 19.1 Å². The maximum absolute atomic E-state index is 5.42. The Balaban J connectivity index is 2.43. The molecule has 1 aliphatic rings. The standard InChI is InChI=1S/C14H20BrNO2/c1-9(2)16-6-5-11-10(8-16)7-12(17-3)14(18-4)13(11)15/h7,9H,5-6,8H2,1-4H3. The van der Waals surface area contributed by atoms with Crippen LogP contribution in [0.25, 0.3) is 0 Å². The molecule has 1 aromatic carbocycles. The highest BCUT2D eigenvalue weighted by Gasteiger charge is 2.24. The SMILES string of the molecule is COc1cc2c(c(Br)c1OC)CCN(C(C)C)C2. The first kappa shape index (κ1) is 13.7. The van der Waals surface area contributed by atoms with Gasteiger partial charge in [0.25, 0.3) is 0 Å². The first-order valence-corrected chi connectivity index (χ1v) is 7.04. The van der Waals surface area contributed by atoms with Crippen LogP contribution in [-0.2, 0) is 13.0 Å². The molecule has 0 bridgehead atoms. The topological polar surface area (TPSA) is 21.7 Å². The van der Waals surface area contributed by atoms with Crippen molar-refractivity contribution in [2.75, 3.05) is 20.8 Å². The molecule has 4 heteroatoms. The van der Waals surface area contributed by atoms with Gasteiger partial charge < -0.3 is 9.47 Å². The zero-order valence-electron chi connectivity index (χ0n) is 11.4. The molecule has 3 nitrogen and oxygen atoms in total. The van der Waals surface area contributed by atoms with Crippen molar-refractivity contribution in [1.29, 1.82) is 0 Å². The van der Waals surface area contributed by atoms with Crippen molar-refractivity contribution in [2.24, 2.45) is 0 Å². The average Bonchev–Trinajstić information content (AvgIpc) is 2.37. The lowest BCUT2D eigenvalue weighted by Gasteiger charge is -2.33. The summed E-state index contributed by atoms with van der Waals surface area (Å²) < 4.78 is 11.9. The molecule has 0 atom stereocenters. The van der Waals surface area contributed by atoms with Gasteiger partial charge >= 0.3 is 0 Å². The summed E-state index contributed by atoms with van der Waals surface area (Å²) in [5.74, 6) is 1.60. The third kappa shape index (κ3) is 2.36. The summed E-state index contributed by atoms with van der Waals surface area (Å²) in [5, 5.41) is 0. The van der Waals surface area contributed by atoms with Crippen molar-refractivity contribution >= 4 is 15.9 Å². The number of rotatable bonds is 3. The molecule has 0 radical (unpaired) electrons. The molecule has 1 aromatic rings. The number of methoxy groups -OCH3 is 2. The van der Waals surface area contributed by atoms with Crippen LogP contribution in [0.5, 0.6) is 11.5 Å². The Hall–Kier alpha value is -0.740. The van der Waals surface area contributed by atoms with Crippen LogP contribution in [-0.4, -0.2) is 31.7 Å². The zero-order valence-corrected chi connectivity index (χ0v) is 13.0. The van der Waals surface area contributed by atoms with E-state index in [9.17, 15) is 0 Å². The van der Waals surface area contributed by atoms with Gasteiger partial charge in [0.2, 0.25) is 0 Å². The van der Waals surface area contributed by atoms with Crippen molar-refractivity contribution < 1.29 is 9.47 Å². The Kier molecular flexibility index (Phi) is 4.17. The fourth-order valence-electron chi connectivity index (χ4n) is 2.44. The molecular weight excluding hydrogens is 294 g/mol. The monoisotopic (exact) mass is 313 g/mol. The molecule has 1 heterocycles. The van der Waals surface area contributed by atoms with Gasteiger partial charge in [-0.3, -0.25) is 4.90 Å². The number of hydrogen-bond donors (Lipinski definition) is 0. The van der Waals surface area contributed by atoms with Crippen LogP contribution in [0.2, 0.25) is 0 Å². The second-order valence-electron chi connectivity index (χ2n) is 4.88. The van der Waals surface area contributed by atoms with Crippen LogP contribution >= 0.6 is 15.9 Å². The average molecular weight is 314 g/mol. The second-order valence-corrected chi connectivity index (χ2v) is 5.67. The molecule has 0 aliphatic carbocycles. The van der Waals surface area contributed by atoms with Crippen LogP contribution in [0.1, 0.15) is 25.0 Å². The molecule has 0 fully saturated rings. The summed E-state index contributed by atoms with van der Waals surface area (Å²) in [4.78, 5) is 2.47. The molecule has 0 saturated carbocycles. The Bertz CT molecular complexity index is 446. The molecule has 0 aromatic heterocycles. The Labute approximate surface area is 117 Å². The number of fused-ring (bicyclic) bond motifs is 1. The highest BCUT2D eigenvalue weighted by molar-refractivity contribution is 9.10. The van der Waals surface area contributed by atoms with E-state index in [2.05, 4.69) is 40.7 Å². The summed E-state index contributed by atoms with van der Waals surface area (Å²) >= 11 is 3.65. The molecule has 0 amide bonds. The van der Waals surface area contributed by atoms with Gasteiger partial charge in [0.05, 0.1) is 18.7 Å². The molecule has 0 unspecified atom stereocenters. The minimum Gasteiger partial charge on any atom is -0.493 e. The van der Waals surface area contributed by atoms with Crippen LogP contribution < -0.4 is 9.47 Å². The Morgan fingerprint density at radius 3 is 2.56 bits per heavy atom. The van der Waals surface area contributed by atoms with Crippen molar-refractivity contribution in [1.82, 2.24) is 4.90 Å². The number of benzene rings is 1. The van der Waals surface area contributed by atoms with E-state index in [1.165, 1.54) is 11.1 Å². The van der Waals surface area contributed by atoms with Gasteiger partial charge in [-0.2, -0.15) is 0 Å². The zero-order chi connectivity index (χ0) is 13.3. The van der Waals surface area contributed by atoms with Crippen LogP contribution in [0.15, 0.2) is 10.5 Å². The molecule has 2 rings (SSSR count). The lowest BCUT2D eigenvalue weighted by molar-refractivity contribution is 0.202. The lowest BCUT2D eigenvalue weighted by Crippen LogP contribution is -2.36. The number of ether oxygens (including phenoxy) is 2. The van der Waals surface area contributed by atoms with E-state index in [1.807, 2.05) is 0 Å². The molecule has 0 saturated heterocycles. The Morgan fingerprint density at radius 1 is 1.28 bits per heavy atom. The van der Waals surface area contributed by atoms with Gasteiger partial charge in [-0.1, -0.05) is 0 Å². The van der Waals surface area contributed by atoms with Gasteiger partial charge in [-0.25, -0.2) is 0 Å². The first-order valence-electron chi connectivity index (χ1n) is 6.24. The fraction of sp³-hybridized carbons (Fsp3) is 0.571.